The summed E-state index contributed by atoms with van der Waals surface area (Å²) in [6.07, 6.45) is -1.98. The lowest BCUT2D eigenvalue weighted by Crippen LogP contribution is -2.45. The highest BCUT2D eigenvalue weighted by Gasteiger charge is 2.53. The lowest BCUT2D eigenvalue weighted by atomic mass is 9.97. The van der Waals surface area contributed by atoms with E-state index in [1.807, 2.05) is 18.0 Å². The van der Waals surface area contributed by atoms with Crippen molar-refractivity contribution in [2.45, 2.75) is 56.3 Å². The Hall–Kier alpha value is -1.47. The maximum absolute atomic E-state index is 12.5. The summed E-state index contributed by atoms with van der Waals surface area (Å²) in [5.41, 5.74) is 0.653. The molecular weight excluding hydrogens is 310 g/mol. The van der Waals surface area contributed by atoms with E-state index in [1.54, 1.807) is 31.2 Å². The van der Waals surface area contributed by atoms with Crippen LogP contribution in [0.15, 0.2) is 30.3 Å². The number of fused-ring (bicyclic) bond motifs is 2. The van der Waals surface area contributed by atoms with Gasteiger partial charge in [0.05, 0.1) is 24.2 Å². The van der Waals surface area contributed by atoms with Gasteiger partial charge >= 0.3 is 5.97 Å². The average Bonchev–Trinajstić information content (AvgIpc) is 2.71. The summed E-state index contributed by atoms with van der Waals surface area (Å²) < 4.78 is 5.56. The van der Waals surface area contributed by atoms with Gasteiger partial charge < -0.3 is 20.1 Å². The van der Waals surface area contributed by atoms with Gasteiger partial charge in [0.25, 0.3) is 0 Å². The van der Waals surface area contributed by atoms with Crippen molar-refractivity contribution >= 4 is 5.97 Å². The molecule has 2 saturated heterocycles. The zero-order valence-corrected chi connectivity index (χ0v) is 13.9. The molecule has 2 heterocycles. The fourth-order valence-electron chi connectivity index (χ4n) is 3.88. The van der Waals surface area contributed by atoms with Gasteiger partial charge in [-0.05, 0) is 32.4 Å². The van der Waals surface area contributed by atoms with Crippen LogP contribution in [0.3, 0.4) is 0 Å². The number of nitrogens with zero attached hydrogens (tertiary/aromatic N) is 1. The van der Waals surface area contributed by atoms with E-state index >= 15 is 0 Å². The Morgan fingerprint density at radius 1 is 1.21 bits per heavy atom. The Labute approximate surface area is 141 Å². The van der Waals surface area contributed by atoms with Crippen molar-refractivity contribution in [1.29, 1.82) is 0 Å². The minimum atomic E-state index is -0.958. The molecule has 1 aromatic carbocycles. The molecule has 3 rings (SSSR count). The first-order valence-corrected chi connectivity index (χ1v) is 8.41. The van der Waals surface area contributed by atoms with Crippen LogP contribution in [0, 0.1) is 5.92 Å². The van der Waals surface area contributed by atoms with E-state index in [0.717, 1.165) is 0 Å². The molecule has 24 heavy (non-hydrogen) atoms. The predicted molar refractivity (Wildman–Crippen MR) is 87.0 cm³/mol. The van der Waals surface area contributed by atoms with Crippen molar-refractivity contribution in [3.05, 3.63) is 35.9 Å². The summed E-state index contributed by atoms with van der Waals surface area (Å²) >= 11 is 0. The number of hydrogen-bond acceptors (Lipinski definition) is 6. The van der Waals surface area contributed by atoms with Gasteiger partial charge in [-0.15, -0.1) is 0 Å². The van der Waals surface area contributed by atoms with Crippen LogP contribution in [0.25, 0.3) is 0 Å². The van der Waals surface area contributed by atoms with Gasteiger partial charge in [-0.2, -0.15) is 0 Å². The second kappa shape index (κ2) is 6.80. The molecule has 0 unspecified atom stereocenters. The van der Waals surface area contributed by atoms with Gasteiger partial charge in [0.1, 0.15) is 12.2 Å². The van der Waals surface area contributed by atoms with Crippen LogP contribution in [0.1, 0.15) is 31.4 Å². The Balaban J connectivity index is 1.68. The normalized spacial score (nSPS) is 35.5. The third-order valence-corrected chi connectivity index (χ3v) is 5.42. The largest absolute Gasteiger partial charge is 0.458 e. The average molecular weight is 335 g/mol. The quantitative estimate of drug-likeness (QED) is 0.693. The molecule has 0 aliphatic carbocycles. The van der Waals surface area contributed by atoms with E-state index in [-0.39, 0.29) is 12.1 Å². The van der Waals surface area contributed by atoms with Crippen LogP contribution in [0.5, 0.6) is 0 Å². The van der Waals surface area contributed by atoms with E-state index < -0.39 is 36.3 Å². The first-order chi connectivity index (χ1) is 11.4. The molecule has 6 heteroatoms. The number of rotatable bonds is 4. The summed E-state index contributed by atoms with van der Waals surface area (Å²) in [5.74, 6) is -1.28. The molecule has 2 aliphatic rings. The smallest absolute Gasteiger partial charge is 0.312 e. The van der Waals surface area contributed by atoms with Crippen molar-refractivity contribution in [1.82, 2.24) is 4.90 Å². The highest BCUT2D eigenvalue weighted by atomic mass is 16.6. The number of piperidine rings is 1. The topological polar surface area (TPSA) is 90.2 Å². The molecule has 2 fully saturated rings. The summed E-state index contributed by atoms with van der Waals surface area (Å²) in [4.78, 5) is 14.4. The van der Waals surface area contributed by atoms with E-state index in [2.05, 4.69) is 0 Å². The monoisotopic (exact) mass is 335 g/mol. The predicted octanol–water partition coefficient (Wildman–Crippen LogP) is 0.466. The third kappa shape index (κ3) is 3.07. The first-order valence-electron chi connectivity index (χ1n) is 8.41. The molecule has 3 N–H and O–H groups in total. The van der Waals surface area contributed by atoms with Crippen LogP contribution >= 0.6 is 0 Å². The lowest BCUT2D eigenvalue weighted by Gasteiger charge is -2.34. The maximum Gasteiger partial charge on any atom is 0.312 e. The van der Waals surface area contributed by atoms with Crippen LogP contribution in [-0.2, 0) is 9.53 Å². The summed E-state index contributed by atoms with van der Waals surface area (Å²) in [7, 11) is 1.88. The maximum atomic E-state index is 12.5. The Bertz CT molecular complexity index is 580. The summed E-state index contributed by atoms with van der Waals surface area (Å²) in [5, 5.41) is 30.7. The SMILES string of the molecule is C[C@H](C(=O)O[C@H]1[C@@H](O)[C@@H]2C[C@H](O)C[C@H]1N2C)[C@H](O)c1ccccc1. The lowest BCUT2D eigenvalue weighted by molar-refractivity contribution is -0.163. The number of esters is 1. The number of ether oxygens (including phenoxy) is 1. The van der Waals surface area contributed by atoms with Gasteiger partial charge in [-0.1, -0.05) is 30.3 Å². The molecule has 2 aliphatic heterocycles. The molecule has 6 nitrogen and oxygen atoms in total. The standard InChI is InChI=1S/C18H25NO5/c1-10(15(21)11-6-4-3-5-7-11)18(23)24-17-14-9-12(20)8-13(16(17)22)19(14)2/h3-7,10,12-17,20-22H,8-9H2,1-2H3/t10-,12-,13-,14+,15-,16-,17+/m0/s1. The van der Waals surface area contributed by atoms with Crippen molar-refractivity contribution in [2.24, 2.45) is 5.92 Å². The molecule has 7 atom stereocenters. The van der Waals surface area contributed by atoms with E-state index in [9.17, 15) is 20.1 Å². The first kappa shape index (κ1) is 17.4. The van der Waals surface area contributed by atoms with Gasteiger partial charge in [0.2, 0.25) is 0 Å². The van der Waals surface area contributed by atoms with Crippen LogP contribution < -0.4 is 0 Å². The minimum absolute atomic E-state index is 0.196. The Morgan fingerprint density at radius 3 is 2.50 bits per heavy atom. The van der Waals surface area contributed by atoms with Gasteiger partial charge in [0, 0.05) is 6.04 Å². The van der Waals surface area contributed by atoms with E-state index in [4.69, 9.17) is 4.74 Å². The van der Waals surface area contributed by atoms with Gasteiger partial charge in [-0.3, -0.25) is 9.69 Å². The minimum Gasteiger partial charge on any atom is -0.458 e. The fourth-order valence-corrected chi connectivity index (χ4v) is 3.88. The molecule has 1 aromatic rings. The van der Waals surface area contributed by atoms with E-state index in [1.165, 1.54) is 0 Å². The van der Waals surface area contributed by atoms with E-state index in [0.29, 0.717) is 18.4 Å². The molecule has 0 spiro atoms. The molecular formula is C18H25NO5. The number of aliphatic hydroxyl groups excluding tert-OH is 3. The van der Waals surface area contributed by atoms with Crippen molar-refractivity contribution in [2.75, 3.05) is 7.05 Å². The Kier molecular flexibility index (Phi) is 4.92. The van der Waals surface area contributed by atoms with Gasteiger partial charge in [0.15, 0.2) is 0 Å². The number of benzene rings is 1. The molecule has 0 amide bonds. The molecule has 0 aromatic heterocycles. The highest BCUT2D eigenvalue weighted by Crippen LogP contribution is 2.37. The fraction of sp³-hybridized carbons (Fsp3) is 0.611. The van der Waals surface area contributed by atoms with Crippen LogP contribution in [0.4, 0.5) is 0 Å². The molecule has 0 radical (unpaired) electrons. The molecule has 132 valence electrons. The number of carbonyl (C=O) groups is 1. The number of likely N-dealkylation sites (N-methyl/N-ethyl adjacent to an activating group) is 1. The van der Waals surface area contributed by atoms with Crippen LogP contribution in [-0.4, -0.2) is 63.6 Å². The van der Waals surface area contributed by atoms with Crippen molar-refractivity contribution in [3.63, 3.8) is 0 Å². The Morgan fingerprint density at radius 2 is 1.83 bits per heavy atom. The summed E-state index contributed by atoms with van der Waals surface area (Å²) in [6, 6.07) is 8.57. The molecule has 2 bridgehead atoms. The van der Waals surface area contributed by atoms with Crippen molar-refractivity contribution < 1.29 is 24.9 Å². The number of carbonyl (C=O) groups excluding carboxylic acids is 1. The van der Waals surface area contributed by atoms with Crippen LogP contribution in [0.2, 0.25) is 0 Å². The number of aliphatic hydroxyl groups is 3. The second-order valence-electron chi connectivity index (χ2n) is 6.96. The summed E-state index contributed by atoms with van der Waals surface area (Å²) in [6.45, 7) is 1.62. The highest BCUT2D eigenvalue weighted by molar-refractivity contribution is 5.73. The van der Waals surface area contributed by atoms with Crippen molar-refractivity contribution in [3.8, 4) is 0 Å². The second-order valence-corrected chi connectivity index (χ2v) is 6.96. The molecule has 0 saturated carbocycles. The zero-order chi connectivity index (χ0) is 17.4. The third-order valence-electron chi connectivity index (χ3n) is 5.42. The number of hydrogen-bond donors (Lipinski definition) is 3. The van der Waals surface area contributed by atoms with Gasteiger partial charge in [-0.25, -0.2) is 0 Å². The zero-order valence-electron chi connectivity index (χ0n) is 13.9.